The second-order valence-corrected chi connectivity index (χ2v) is 6.57. The van der Waals surface area contributed by atoms with Crippen molar-refractivity contribution in [2.24, 2.45) is 0 Å². The summed E-state index contributed by atoms with van der Waals surface area (Å²) in [5, 5.41) is 0. The van der Waals surface area contributed by atoms with Gasteiger partial charge in [-0.25, -0.2) is 8.42 Å². The van der Waals surface area contributed by atoms with E-state index in [1.807, 2.05) is 0 Å². The Morgan fingerprint density at radius 3 is 1.80 bits per heavy atom. The highest BCUT2D eigenvalue weighted by atomic mass is 32.2. The van der Waals surface area contributed by atoms with Crippen molar-refractivity contribution in [1.82, 2.24) is 0 Å². The van der Waals surface area contributed by atoms with Crippen LogP contribution in [-0.2, 0) is 19.4 Å². The Morgan fingerprint density at radius 1 is 0.750 bits per heavy atom. The quantitative estimate of drug-likeness (QED) is 0.783. The van der Waals surface area contributed by atoms with E-state index in [1.54, 1.807) is 18.2 Å². The average Bonchev–Trinajstić information content (AvgIpc) is 2.44. The molecule has 4 nitrogen and oxygen atoms in total. The maximum atomic E-state index is 12.6. The second kappa shape index (κ2) is 4.83. The zero-order chi connectivity index (χ0) is 15.1. The van der Waals surface area contributed by atoms with Crippen LogP contribution in [0.4, 0.5) is 0 Å². The molecule has 20 heavy (non-hydrogen) atoms. The highest BCUT2D eigenvalue weighted by molar-refractivity contribution is 7.96. The van der Waals surface area contributed by atoms with Gasteiger partial charge in [0.15, 0.2) is 5.78 Å². The second-order valence-electron chi connectivity index (χ2n) is 4.68. The SMILES string of the molecule is CC1=C(C)C(=O)C(S(=O)(=O)c2ccccc2)=C(C)C1=O. The van der Waals surface area contributed by atoms with E-state index >= 15 is 0 Å². The summed E-state index contributed by atoms with van der Waals surface area (Å²) in [6.45, 7) is 4.39. The number of benzene rings is 1. The lowest BCUT2D eigenvalue weighted by atomic mass is 9.92. The van der Waals surface area contributed by atoms with Crippen LogP contribution in [0.2, 0.25) is 0 Å². The first-order valence-electron chi connectivity index (χ1n) is 6.06. The standard InChI is InChI=1S/C15H14O4S/c1-9-10(2)14(17)15(11(3)13(9)16)20(18,19)12-7-5-4-6-8-12/h4-8H,1-3H3. The molecule has 1 aromatic rings. The molecule has 0 spiro atoms. The highest BCUT2D eigenvalue weighted by Crippen LogP contribution is 2.31. The molecule has 0 N–H and O–H groups in total. The van der Waals surface area contributed by atoms with Crippen LogP contribution < -0.4 is 0 Å². The summed E-state index contributed by atoms with van der Waals surface area (Å²) in [6.07, 6.45) is 0. The fraction of sp³-hybridized carbons (Fsp3) is 0.200. The normalized spacial score (nSPS) is 16.9. The van der Waals surface area contributed by atoms with Crippen molar-refractivity contribution >= 4 is 21.4 Å². The third-order valence-electron chi connectivity index (χ3n) is 3.45. The molecule has 0 fully saturated rings. The summed E-state index contributed by atoms with van der Waals surface area (Å²) < 4.78 is 25.1. The van der Waals surface area contributed by atoms with Gasteiger partial charge in [-0.3, -0.25) is 9.59 Å². The van der Waals surface area contributed by atoms with Crippen molar-refractivity contribution in [3.8, 4) is 0 Å². The first-order valence-corrected chi connectivity index (χ1v) is 7.54. The average molecular weight is 290 g/mol. The van der Waals surface area contributed by atoms with E-state index in [9.17, 15) is 18.0 Å². The Kier molecular flexibility index (Phi) is 3.48. The van der Waals surface area contributed by atoms with E-state index in [0.29, 0.717) is 5.57 Å². The molecule has 1 aliphatic carbocycles. The zero-order valence-electron chi connectivity index (χ0n) is 11.4. The molecule has 0 bridgehead atoms. The molecule has 5 heteroatoms. The van der Waals surface area contributed by atoms with Crippen molar-refractivity contribution in [2.75, 3.05) is 0 Å². The molecule has 1 aromatic carbocycles. The maximum Gasteiger partial charge on any atom is 0.210 e. The molecular formula is C15H14O4S. The first-order chi connectivity index (χ1) is 9.28. The Morgan fingerprint density at radius 2 is 1.25 bits per heavy atom. The first kappa shape index (κ1) is 14.4. The molecule has 0 radical (unpaired) electrons. The van der Waals surface area contributed by atoms with Crippen LogP contribution in [0.3, 0.4) is 0 Å². The van der Waals surface area contributed by atoms with E-state index in [-0.39, 0.29) is 16.0 Å². The minimum absolute atomic E-state index is 0.0121. The van der Waals surface area contributed by atoms with Crippen LogP contribution in [0, 0.1) is 0 Å². The molecule has 104 valence electrons. The largest absolute Gasteiger partial charge is 0.289 e. The minimum atomic E-state index is -3.97. The lowest BCUT2D eigenvalue weighted by molar-refractivity contribution is -0.116. The summed E-state index contributed by atoms with van der Waals surface area (Å²) in [6, 6.07) is 7.66. The van der Waals surface area contributed by atoms with Gasteiger partial charge in [-0.2, -0.15) is 0 Å². The van der Waals surface area contributed by atoms with Crippen LogP contribution in [-0.4, -0.2) is 20.0 Å². The third-order valence-corrected chi connectivity index (χ3v) is 5.38. The fourth-order valence-corrected chi connectivity index (χ4v) is 3.75. The van der Waals surface area contributed by atoms with Crippen LogP contribution in [0.1, 0.15) is 20.8 Å². The summed E-state index contributed by atoms with van der Waals surface area (Å²) in [4.78, 5) is 23.9. The van der Waals surface area contributed by atoms with E-state index in [1.165, 1.54) is 32.9 Å². The van der Waals surface area contributed by atoms with Crippen LogP contribution in [0.15, 0.2) is 56.9 Å². The van der Waals surface area contributed by atoms with Crippen LogP contribution >= 0.6 is 0 Å². The van der Waals surface area contributed by atoms with Gasteiger partial charge in [0.1, 0.15) is 4.91 Å². The van der Waals surface area contributed by atoms with Gasteiger partial charge < -0.3 is 0 Å². The van der Waals surface area contributed by atoms with Crippen molar-refractivity contribution in [3.05, 3.63) is 52.0 Å². The molecule has 0 atom stereocenters. The lowest BCUT2D eigenvalue weighted by Crippen LogP contribution is -2.25. The van der Waals surface area contributed by atoms with E-state index in [4.69, 9.17) is 0 Å². The van der Waals surface area contributed by atoms with Crippen molar-refractivity contribution < 1.29 is 18.0 Å². The third kappa shape index (κ3) is 2.04. The number of carbonyl (C=O) groups excluding carboxylic acids is 2. The molecule has 0 amide bonds. The number of allylic oxidation sites excluding steroid dienone is 4. The number of Topliss-reactive ketones (excluding diaryl/α,β-unsaturated/α-hetero) is 2. The Labute approximate surface area is 117 Å². The monoisotopic (exact) mass is 290 g/mol. The summed E-state index contributed by atoms with van der Waals surface area (Å²) >= 11 is 0. The number of hydrogen-bond donors (Lipinski definition) is 0. The molecule has 0 unspecified atom stereocenters. The molecular weight excluding hydrogens is 276 g/mol. The Balaban J connectivity index is 2.70. The highest BCUT2D eigenvalue weighted by Gasteiger charge is 2.36. The number of sulfone groups is 1. The van der Waals surface area contributed by atoms with Gasteiger partial charge in [0.2, 0.25) is 15.6 Å². The Bertz CT molecular complexity index is 765. The molecule has 2 rings (SSSR count). The lowest BCUT2D eigenvalue weighted by Gasteiger charge is -2.18. The molecule has 0 saturated carbocycles. The van der Waals surface area contributed by atoms with E-state index in [2.05, 4.69) is 0 Å². The van der Waals surface area contributed by atoms with Crippen molar-refractivity contribution in [2.45, 2.75) is 25.7 Å². The number of carbonyl (C=O) groups is 2. The van der Waals surface area contributed by atoms with Crippen LogP contribution in [0.5, 0.6) is 0 Å². The molecule has 0 heterocycles. The fourth-order valence-electron chi connectivity index (χ4n) is 2.11. The minimum Gasteiger partial charge on any atom is -0.289 e. The predicted molar refractivity (Wildman–Crippen MR) is 74.7 cm³/mol. The summed E-state index contributed by atoms with van der Waals surface area (Å²) in [5.74, 6) is -0.986. The van der Waals surface area contributed by atoms with Crippen LogP contribution in [0.25, 0.3) is 0 Å². The molecule has 0 saturated heterocycles. The molecule has 1 aliphatic rings. The zero-order valence-corrected chi connectivity index (χ0v) is 12.2. The summed E-state index contributed by atoms with van der Waals surface area (Å²) in [5.41, 5.74) is 0.483. The van der Waals surface area contributed by atoms with Gasteiger partial charge in [-0.1, -0.05) is 18.2 Å². The van der Waals surface area contributed by atoms with Gasteiger partial charge >= 0.3 is 0 Å². The van der Waals surface area contributed by atoms with Gasteiger partial charge in [0.05, 0.1) is 4.90 Å². The number of ketones is 2. The van der Waals surface area contributed by atoms with Gasteiger partial charge in [0, 0.05) is 16.7 Å². The molecule has 0 aromatic heterocycles. The van der Waals surface area contributed by atoms with Gasteiger partial charge in [-0.15, -0.1) is 0 Å². The molecule has 0 aliphatic heterocycles. The number of rotatable bonds is 2. The van der Waals surface area contributed by atoms with E-state index < -0.39 is 26.3 Å². The smallest absolute Gasteiger partial charge is 0.210 e. The predicted octanol–water partition coefficient (Wildman–Crippen LogP) is 2.22. The number of hydrogen-bond acceptors (Lipinski definition) is 4. The Hall–Kier alpha value is -2.01. The van der Waals surface area contributed by atoms with E-state index in [0.717, 1.165) is 0 Å². The van der Waals surface area contributed by atoms with Crippen molar-refractivity contribution in [3.63, 3.8) is 0 Å². The van der Waals surface area contributed by atoms with Gasteiger partial charge in [0.25, 0.3) is 0 Å². The topological polar surface area (TPSA) is 68.3 Å². The summed E-state index contributed by atoms with van der Waals surface area (Å²) in [7, 11) is -3.97. The van der Waals surface area contributed by atoms with Crippen molar-refractivity contribution in [1.29, 1.82) is 0 Å². The van der Waals surface area contributed by atoms with Gasteiger partial charge in [-0.05, 0) is 32.9 Å². The maximum absolute atomic E-state index is 12.6.